The van der Waals surface area contributed by atoms with E-state index in [0.29, 0.717) is 28.5 Å². The van der Waals surface area contributed by atoms with Crippen LogP contribution >= 0.6 is 11.6 Å². The van der Waals surface area contributed by atoms with Crippen LogP contribution in [0.3, 0.4) is 0 Å². The molecular weight excluding hydrogens is 347 g/mol. The Hall–Kier alpha value is -1.70. The Morgan fingerprint density at radius 3 is 2.84 bits per heavy atom. The number of carbonyl (C=O) groups excluding carboxylic acids is 1. The third-order valence-electron chi connectivity index (χ3n) is 4.88. The molecule has 2 fully saturated rings. The van der Waals surface area contributed by atoms with E-state index < -0.39 is 11.7 Å². The number of pyridine rings is 1. The molecule has 3 N–H and O–H groups in total. The number of carbonyl (C=O) groups is 1. The van der Waals surface area contributed by atoms with Crippen LogP contribution in [-0.2, 0) is 4.79 Å². The fourth-order valence-corrected chi connectivity index (χ4v) is 3.83. The predicted octanol–water partition coefficient (Wildman–Crippen LogP) is 2.98. The number of anilines is 1. The van der Waals surface area contributed by atoms with Gasteiger partial charge >= 0.3 is 5.91 Å². The number of hydrogen-bond donors (Lipinski definition) is 3. The fraction of sp³-hybridized carbons (Fsp3) is 0.529. The van der Waals surface area contributed by atoms with E-state index in [4.69, 9.17) is 16.8 Å². The first kappa shape index (κ1) is 18.1. The van der Waals surface area contributed by atoms with Crippen LogP contribution in [-0.4, -0.2) is 46.2 Å². The summed E-state index contributed by atoms with van der Waals surface area (Å²) in [6, 6.07) is 2.54. The zero-order valence-electron chi connectivity index (χ0n) is 13.8. The van der Waals surface area contributed by atoms with Crippen LogP contribution in [0.4, 0.5) is 10.2 Å². The van der Waals surface area contributed by atoms with E-state index in [1.165, 1.54) is 43.4 Å². The Balaban J connectivity index is 1.61. The quantitative estimate of drug-likeness (QED) is 0.423. The van der Waals surface area contributed by atoms with Gasteiger partial charge in [-0.05, 0) is 37.0 Å². The minimum Gasteiger partial charge on any atom is -0.365 e. The van der Waals surface area contributed by atoms with E-state index >= 15 is 0 Å². The van der Waals surface area contributed by atoms with Crippen molar-refractivity contribution < 1.29 is 14.4 Å². The second kappa shape index (κ2) is 8.12. The standard InChI is InChI=1S/C17H22ClFN4O2/c18-14-7-11(8-15(19)17(24)22-25)9-20-16(14)21-12-5-6-23(10-12)13-3-1-2-4-13/h7-9,12-13,25H,1-6,10H2,(H,20,21)(H,22,24)/b15-8-/t12-/m1/s1. The van der Waals surface area contributed by atoms with Gasteiger partial charge in [0.2, 0.25) is 0 Å². The molecule has 1 aromatic heterocycles. The van der Waals surface area contributed by atoms with Crippen molar-refractivity contribution >= 4 is 29.4 Å². The molecule has 0 radical (unpaired) electrons. The van der Waals surface area contributed by atoms with Crippen LogP contribution in [0.5, 0.6) is 0 Å². The molecule has 0 aromatic carbocycles. The molecule has 3 rings (SSSR count). The third-order valence-corrected chi connectivity index (χ3v) is 5.16. The van der Waals surface area contributed by atoms with E-state index in [1.54, 1.807) is 0 Å². The molecule has 1 amide bonds. The SMILES string of the molecule is O=C(NO)/C(F)=C/c1cnc(N[C@@H]2CCN(C3CCCC3)C2)c(Cl)c1. The zero-order chi connectivity index (χ0) is 17.8. The maximum atomic E-state index is 13.4. The van der Waals surface area contributed by atoms with Crippen molar-refractivity contribution in [2.24, 2.45) is 0 Å². The normalized spacial score (nSPS) is 22.4. The molecule has 8 heteroatoms. The summed E-state index contributed by atoms with van der Waals surface area (Å²) in [6.45, 7) is 2.07. The van der Waals surface area contributed by atoms with Crippen molar-refractivity contribution in [1.82, 2.24) is 15.4 Å². The van der Waals surface area contributed by atoms with Crippen molar-refractivity contribution in [3.63, 3.8) is 0 Å². The Kier molecular flexibility index (Phi) is 5.88. The number of rotatable bonds is 5. The Morgan fingerprint density at radius 1 is 1.40 bits per heavy atom. The smallest absolute Gasteiger partial charge is 0.303 e. The average Bonchev–Trinajstić information content (AvgIpc) is 3.27. The lowest BCUT2D eigenvalue weighted by Crippen LogP contribution is -2.33. The first-order valence-corrected chi connectivity index (χ1v) is 8.92. The second-order valence-electron chi connectivity index (χ2n) is 6.60. The summed E-state index contributed by atoms with van der Waals surface area (Å²) in [5, 5.41) is 12.1. The van der Waals surface area contributed by atoms with Gasteiger partial charge in [-0.2, -0.15) is 0 Å². The zero-order valence-corrected chi connectivity index (χ0v) is 14.6. The minimum atomic E-state index is -1.21. The highest BCUT2D eigenvalue weighted by molar-refractivity contribution is 6.33. The monoisotopic (exact) mass is 368 g/mol. The molecule has 1 aromatic rings. The summed E-state index contributed by atoms with van der Waals surface area (Å²) in [6.07, 6.45) is 8.67. The van der Waals surface area contributed by atoms with E-state index in [9.17, 15) is 9.18 Å². The van der Waals surface area contributed by atoms with Gasteiger partial charge in [-0.25, -0.2) is 14.9 Å². The highest BCUT2D eigenvalue weighted by Gasteiger charge is 2.30. The van der Waals surface area contributed by atoms with Crippen LogP contribution in [0.2, 0.25) is 5.02 Å². The Labute approximate surface area is 151 Å². The highest BCUT2D eigenvalue weighted by atomic mass is 35.5. The Morgan fingerprint density at radius 2 is 2.16 bits per heavy atom. The lowest BCUT2D eigenvalue weighted by Gasteiger charge is -2.23. The van der Waals surface area contributed by atoms with Gasteiger partial charge in [0.05, 0.1) is 5.02 Å². The maximum absolute atomic E-state index is 13.4. The number of halogens is 2. The van der Waals surface area contributed by atoms with Crippen molar-refractivity contribution in [1.29, 1.82) is 0 Å². The van der Waals surface area contributed by atoms with Gasteiger partial charge in [-0.3, -0.25) is 14.9 Å². The van der Waals surface area contributed by atoms with E-state index in [-0.39, 0.29) is 0 Å². The number of hydroxylamine groups is 1. The number of amides is 1. The second-order valence-corrected chi connectivity index (χ2v) is 7.00. The summed E-state index contributed by atoms with van der Waals surface area (Å²) in [7, 11) is 0. The van der Waals surface area contributed by atoms with Gasteiger partial charge < -0.3 is 5.32 Å². The van der Waals surface area contributed by atoms with Gasteiger partial charge in [-0.15, -0.1) is 0 Å². The van der Waals surface area contributed by atoms with Crippen LogP contribution in [0, 0.1) is 0 Å². The van der Waals surface area contributed by atoms with Gasteiger partial charge in [-0.1, -0.05) is 24.4 Å². The molecule has 0 bridgehead atoms. The topological polar surface area (TPSA) is 77.5 Å². The number of likely N-dealkylation sites (tertiary alicyclic amines) is 1. The lowest BCUT2D eigenvalue weighted by molar-refractivity contribution is -0.126. The molecule has 1 aliphatic heterocycles. The van der Waals surface area contributed by atoms with Crippen LogP contribution in [0.1, 0.15) is 37.7 Å². The lowest BCUT2D eigenvalue weighted by atomic mass is 10.2. The molecule has 0 unspecified atom stereocenters. The number of aromatic nitrogens is 1. The first-order valence-electron chi connectivity index (χ1n) is 8.54. The van der Waals surface area contributed by atoms with E-state index in [1.807, 2.05) is 0 Å². The molecule has 0 spiro atoms. The third kappa shape index (κ3) is 4.48. The number of nitrogens with one attached hydrogen (secondary N) is 2. The van der Waals surface area contributed by atoms with Crippen molar-refractivity contribution in [3.05, 3.63) is 28.7 Å². The summed E-state index contributed by atoms with van der Waals surface area (Å²) in [5.74, 6) is -1.77. The average molecular weight is 369 g/mol. The number of nitrogens with zero attached hydrogens (tertiary/aromatic N) is 2. The molecule has 25 heavy (non-hydrogen) atoms. The molecule has 1 aliphatic carbocycles. The Bertz CT molecular complexity index is 664. The first-order chi connectivity index (χ1) is 12.1. The van der Waals surface area contributed by atoms with Gasteiger partial charge in [0.1, 0.15) is 5.82 Å². The molecule has 2 aliphatic rings. The van der Waals surface area contributed by atoms with Gasteiger partial charge in [0.15, 0.2) is 5.83 Å². The molecule has 2 heterocycles. The molecule has 1 saturated heterocycles. The summed E-state index contributed by atoms with van der Waals surface area (Å²) < 4.78 is 13.4. The molecule has 6 nitrogen and oxygen atoms in total. The van der Waals surface area contributed by atoms with E-state index in [0.717, 1.165) is 25.6 Å². The summed E-state index contributed by atoms with van der Waals surface area (Å²) in [5.41, 5.74) is 1.58. The largest absolute Gasteiger partial charge is 0.365 e. The van der Waals surface area contributed by atoms with Crippen LogP contribution in [0.25, 0.3) is 6.08 Å². The maximum Gasteiger partial charge on any atom is 0.303 e. The molecule has 1 saturated carbocycles. The number of hydrogen-bond acceptors (Lipinski definition) is 5. The van der Waals surface area contributed by atoms with Crippen molar-refractivity contribution in [3.8, 4) is 0 Å². The molecule has 136 valence electrons. The van der Waals surface area contributed by atoms with Crippen molar-refractivity contribution in [2.75, 3.05) is 18.4 Å². The van der Waals surface area contributed by atoms with E-state index in [2.05, 4.69) is 15.2 Å². The van der Waals surface area contributed by atoms with Gasteiger partial charge in [0, 0.05) is 31.4 Å². The summed E-state index contributed by atoms with van der Waals surface area (Å²) >= 11 is 6.23. The molecular formula is C17H22ClFN4O2. The van der Waals surface area contributed by atoms with Crippen LogP contribution in [0.15, 0.2) is 18.1 Å². The minimum absolute atomic E-state index is 0.295. The van der Waals surface area contributed by atoms with Crippen LogP contribution < -0.4 is 10.8 Å². The highest BCUT2D eigenvalue weighted by Crippen LogP contribution is 2.29. The summed E-state index contributed by atoms with van der Waals surface area (Å²) in [4.78, 5) is 17.7. The fourth-order valence-electron chi connectivity index (χ4n) is 3.60. The predicted molar refractivity (Wildman–Crippen MR) is 94.1 cm³/mol. The van der Waals surface area contributed by atoms with Crippen molar-refractivity contribution in [2.45, 2.75) is 44.2 Å². The molecule has 1 atom stereocenters. The van der Waals surface area contributed by atoms with Gasteiger partial charge in [0.25, 0.3) is 0 Å².